The number of sulfonamides is 1. The van der Waals surface area contributed by atoms with Crippen molar-refractivity contribution in [3.8, 4) is 0 Å². The lowest BCUT2D eigenvalue weighted by Gasteiger charge is -2.06. The number of amidine groups is 1. The molecule has 2 aromatic carbocycles. The molecule has 6 nitrogen and oxygen atoms in total. The van der Waals surface area contributed by atoms with Gasteiger partial charge in [-0.1, -0.05) is 41.9 Å². The number of carbonyl (C=O) groups excluding carboxylic acids is 1. The Morgan fingerprint density at radius 3 is 2.62 bits per heavy atom. The third kappa shape index (κ3) is 3.42. The molecular formula is C16H14ClN3O3S. The van der Waals surface area contributed by atoms with Crippen LogP contribution in [0, 0.1) is 0 Å². The molecule has 2 aromatic rings. The summed E-state index contributed by atoms with van der Waals surface area (Å²) in [5.74, 6) is -0.149. The van der Waals surface area contributed by atoms with Crippen LogP contribution in [0.25, 0.3) is 0 Å². The molecular weight excluding hydrogens is 350 g/mol. The molecule has 1 amide bonds. The van der Waals surface area contributed by atoms with Crippen LogP contribution in [0.5, 0.6) is 0 Å². The molecule has 0 fully saturated rings. The maximum Gasteiger partial charge on any atom is 0.263 e. The Bertz CT molecular complexity index is 926. The third-order valence-corrected chi connectivity index (χ3v) is 5.24. The van der Waals surface area contributed by atoms with Crippen LogP contribution >= 0.6 is 11.6 Å². The van der Waals surface area contributed by atoms with Crippen molar-refractivity contribution in [2.75, 3.05) is 6.54 Å². The van der Waals surface area contributed by atoms with Crippen LogP contribution in [0.1, 0.15) is 11.1 Å². The van der Waals surface area contributed by atoms with Crippen molar-refractivity contribution in [2.24, 2.45) is 4.99 Å². The zero-order valence-corrected chi connectivity index (χ0v) is 14.1. The van der Waals surface area contributed by atoms with Gasteiger partial charge in [0.25, 0.3) is 10.0 Å². The molecule has 24 heavy (non-hydrogen) atoms. The number of benzene rings is 2. The van der Waals surface area contributed by atoms with E-state index in [1.165, 1.54) is 6.07 Å². The minimum Gasteiger partial charge on any atom is -0.350 e. The second-order valence-corrected chi connectivity index (χ2v) is 7.19. The van der Waals surface area contributed by atoms with Crippen molar-refractivity contribution >= 4 is 33.4 Å². The Morgan fingerprint density at radius 1 is 1.12 bits per heavy atom. The normalized spacial score (nSPS) is 16.5. The zero-order valence-electron chi connectivity index (χ0n) is 12.5. The fourth-order valence-corrected chi connectivity index (χ4v) is 3.75. The molecule has 0 spiro atoms. The molecule has 0 aromatic heterocycles. The van der Waals surface area contributed by atoms with Crippen molar-refractivity contribution in [2.45, 2.75) is 11.4 Å². The van der Waals surface area contributed by atoms with Crippen molar-refractivity contribution in [3.05, 3.63) is 64.7 Å². The number of halogens is 1. The highest BCUT2D eigenvalue weighted by Gasteiger charge is 2.30. The SMILES string of the molecule is O=C(CN=C1NS(=O)(=O)c2ccccc21)NCc1ccccc1Cl. The maximum absolute atomic E-state index is 11.9. The van der Waals surface area contributed by atoms with Gasteiger partial charge in [-0.25, -0.2) is 8.42 Å². The molecule has 1 heterocycles. The van der Waals surface area contributed by atoms with Gasteiger partial charge in [-0.3, -0.25) is 14.5 Å². The molecule has 1 aliphatic rings. The number of rotatable bonds is 4. The van der Waals surface area contributed by atoms with E-state index in [2.05, 4.69) is 15.0 Å². The van der Waals surface area contributed by atoms with Gasteiger partial charge in [0.15, 0.2) is 0 Å². The van der Waals surface area contributed by atoms with Crippen molar-refractivity contribution in [3.63, 3.8) is 0 Å². The average Bonchev–Trinajstić information content (AvgIpc) is 2.83. The van der Waals surface area contributed by atoms with E-state index >= 15 is 0 Å². The van der Waals surface area contributed by atoms with Crippen LogP contribution in [0.2, 0.25) is 5.02 Å². The summed E-state index contributed by atoms with van der Waals surface area (Å²) in [6.45, 7) is 0.0995. The van der Waals surface area contributed by atoms with E-state index in [4.69, 9.17) is 11.6 Å². The molecule has 0 unspecified atom stereocenters. The number of nitrogens with one attached hydrogen (secondary N) is 2. The monoisotopic (exact) mass is 363 g/mol. The summed E-state index contributed by atoms with van der Waals surface area (Å²) in [5.41, 5.74) is 1.27. The van der Waals surface area contributed by atoms with Crippen LogP contribution < -0.4 is 10.0 Å². The van der Waals surface area contributed by atoms with Gasteiger partial charge in [0.2, 0.25) is 5.91 Å². The largest absolute Gasteiger partial charge is 0.350 e. The van der Waals surface area contributed by atoms with Crippen LogP contribution in [-0.4, -0.2) is 26.7 Å². The van der Waals surface area contributed by atoms with Gasteiger partial charge in [-0.05, 0) is 23.8 Å². The predicted molar refractivity (Wildman–Crippen MR) is 91.5 cm³/mol. The predicted octanol–water partition coefficient (Wildman–Crippen LogP) is 1.69. The molecule has 0 saturated heterocycles. The quantitative estimate of drug-likeness (QED) is 0.866. The second kappa shape index (κ2) is 6.62. The Hall–Kier alpha value is -2.38. The van der Waals surface area contributed by atoms with Gasteiger partial charge in [-0.2, -0.15) is 0 Å². The van der Waals surface area contributed by atoms with Crippen molar-refractivity contribution < 1.29 is 13.2 Å². The van der Waals surface area contributed by atoms with Gasteiger partial charge >= 0.3 is 0 Å². The fourth-order valence-electron chi connectivity index (χ4n) is 2.29. The van der Waals surface area contributed by atoms with E-state index in [1.54, 1.807) is 24.3 Å². The minimum absolute atomic E-state index is 0.167. The summed E-state index contributed by atoms with van der Waals surface area (Å²) in [6.07, 6.45) is 0. The molecule has 0 aliphatic carbocycles. The Labute approximate surface area is 144 Å². The number of amides is 1. The van der Waals surface area contributed by atoms with Gasteiger partial charge in [-0.15, -0.1) is 0 Å². The lowest BCUT2D eigenvalue weighted by Crippen LogP contribution is -2.28. The van der Waals surface area contributed by atoms with Crippen molar-refractivity contribution in [1.29, 1.82) is 0 Å². The molecule has 2 N–H and O–H groups in total. The molecule has 0 saturated carbocycles. The smallest absolute Gasteiger partial charge is 0.263 e. The lowest BCUT2D eigenvalue weighted by molar-refractivity contribution is -0.119. The Morgan fingerprint density at radius 2 is 1.83 bits per heavy atom. The van der Waals surface area contributed by atoms with E-state index < -0.39 is 10.0 Å². The Balaban J connectivity index is 1.66. The highest BCUT2D eigenvalue weighted by atomic mass is 35.5. The number of aliphatic imine (C=N–C) groups is 1. The first-order chi connectivity index (χ1) is 11.5. The maximum atomic E-state index is 11.9. The Kier molecular flexibility index (Phi) is 4.55. The first-order valence-corrected chi connectivity index (χ1v) is 9.00. The minimum atomic E-state index is -3.59. The summed E-state index contributed by atoms with van der Waals surface area (Å²) >= 11 is 6.02. The van der Waals surface area contributed by atoms with E-state index in [9.17, 15) is 13.2 Å². The first kappa shape index (κ1) is 16.5. The molecule has 8 heteroatoms. The summed E-state index contributed by atoms with van der Waals surface area (Å²) in [7, 11) is -3.59. The number of carbonyl (C=O) groups is 1. The summed E-state index contributed by atoms with van der Waals surface area (Å²) in [4.78, 5) is 16.2. The summed E-state index contributed by atoms with van der Waals surface area (Å²) in [6, 6.07) is 13.7. The number of hydrogen-bond acceptors (Lipinski definition) is 4. The second-order valence-electron chi connectivity index (χ2n) is 5.13. The number of fused-ring (bicyclic) bond motifs is 1. The molecule has 1 aliphatic heterocycles. The molecule has 3 rings (SSSR count). The van der Waals surface area contributed by atoms with Gasteiger partial charge in [0.05, 0.1) is 4.90 Å². The molecule has 0 atom stereocenters. The third-order valence-electron chi connectivity index (χ3n) is 3.48. The van der Waals surface area contributed by atoms with Crippen LogP contribution in [0.15, 0.2) is 58.4 Å². The topological polar surface area (TPSA) is 87.6 Å². The van der Waals surface area contributed by atoms with E-state index in [0.29, 0.717) is 10.6 Å². The van der Waals surface area contributed by atoms with Crippen LogP contribution in [-0.2, 0) is 21.4 Å². The summed E-state index contributed by atoms with van der Waals surface area (Å²) < 4.78 is 26.3. The lowest BCUT2D eigenvalue weighted by atomic mass is 10.2. The number of nitrogens with zero attached hydrogens (tertiary/aromatic N) is 1. The van der Waals surface area contributed by atoms with E-state index in [1.807, 2.05) is 18.2 Å². The van der Waals surface area contributed by atoms with Crippen LogP contribution in [0.3, 0.4) is 0 Å². The highest BCUT2D eigenvalue weighted by molar-refractivity contribution is 7.90. The summed E-state index contributed by atoms with van der Waals surface area (Å²) in [5, 5.41) is 3.27. The first-order valence-electron chi connectivity index (χ1n) is 7.14. The van der Waals surface area contributed by atoms with Crippen LogP contribution in [0.4, 0.5) is 0 Å². The molecule has 124 valence electrons. The zero-order chi connectivity index (χ0) is 17.2. The van der Waals surface area contributed by atoms with Gasteiger partial charge < -0.3 is 5.32 Å². The standard InChI is InChI=1S/C16H14ClN3O3S/c17-13-7-3-1-5-11(13)9-18-15(21)10-19-16-12-6-2-4-8-14(12)24(22,23)20-16/h1-8H,9-10H2,(H,18,21)(H,19,20). The number of hydrogen-bond donors (Lipinski definition) is 2. The van der Waals surface area contributed by atoms with Gasteiger partial charge in [0.1, 0.15) is 12.4 Å². The van der Waals surface area contributed by atoms with E-state index in [0.717, 1.165) is 5.56 Å². The molecule has 0 bridgehead atoms. The average molecular weight is 364 g/mol. The molecule has 0 radical (unpaired) electrons. The van der Waals surface area contributed by atoms with E-state index in [-0.39, 0.29) is 29.7 Å². The fraction of sp³-hybridized carbons (Fsp3) is 0.125. The van der Waals surface area contributed by atoms with Crippen molar-refractivity contribution in [1.82, 2.24) is 10.0 Å². The highest BCUT2D eigenvalue weighted by Crippen LogP contribution is 2.22. The van der Waals surface area contributed by atoms with Gasteiger partial charge in [0, 0.05) is 17.1 Å².